The Morgan fingerprint density at radius 3 is 2.64 bits per heavy atom. The molecule has 25 heavy (non-hydrogen) atoms. The van der Waals surface area contributed by atoms with Crippen LogP contribution in [0.4, 0.5) is 0 Å². The van der Waals surface area contributed by atoms with Crippen LogP contribution in [0.25, 0.3) is 10.9 Å². The first kappa shape index (κ1) is 17.1. The van der Waals surface area contributed by atoms with Crippen molar-refractivity contribution in [1.82, 2.24) is 9.47 Å². The van der Waals surface area contributed by atoms with Gasteiger partial charge >= 0.3 is 0 Å². The zero-order valence-corrected chi connectivity index (χ0v) is 15.2. The largest absolute Gasteiger partial charge is 0.496 e. The number of methoxy groups -OCH3 is 1. The Labute approximate surface area is 148 Å². The fourth-order valence-electron chi connectivity index (χ4n) is 3.22. The van der Waals surface area contributed by atoms with E-state index in [1.165, 1.54) is 5.39 Å². The van der Waals surface area contributed by atoms with Gasteiger partial charge in [-0.1, -0.05) is 30.3 Å². The first-order valence-corrected chi connectivity index (χ1v) is 8.39. The summed E-state index contributed by atoms with van der Waals surface area (Å²) in [5, 5.41) is 1.20. The second kappa shape index (κ2) is 7.01. The molecule has 0 saturated carbocycles. The molecule has 1 unspecified atom stereocenters. The number of carbonyl (C=O) groups is 1. The van der Waals surface area contributed by atoms with Crippen LogP contribution in [0.15, 0.2) is 54.7 Å². The number of amides is 1. The van der Waals surface area contributed by atoms with Gasteiger partial charge in [0.05, 0.1) is 7.11 Å². The SMILES string of the molecule is COc1ccccc1C(CC(=O)N(C)C)c1ccc2ccn(C)c2c1. The molecular weight excluding hydrogens is 312 g/mol. The van der Waals surface area contributed by atoms with Gasteiger partial charge in [0.15, 0.2) is 0 Å². The third-order valence-corrected chi connectivity index (χ3v) is 4.71. The fourth-order valence-corrected chi connectivity index (χ4v) is 3.22. The van der Waals surface area contributed by atoms with Gasteiger partial charge < -0.3 is 14.2 Å². The number of fused-ring (bicyclic) bond motifs is 1. The highest BCUT2D eigenvalue weighted by Crippen LogP contribution is 2.36. The Kier molecular flexibility index (Phi) is 4.79. The normalized spacial score (nSPS) is 12.2. The van der Waals surface area contributed by atoms with Crippen molar-refractivity contribution in [2.45, 2.75) is 12.3 Å². The van der Waals surface area contributed by atoms with Crippen LogP contribution in [0.2, 0.25) is 0 Å². The van der Waals surface area contributed by atoms with Gasteiger partial charge in [0.25, 0.3) is 0 Å². The van der Waals surface area contributed by atoms with E-state index in [0.717, 1.165) is 22.4 Å². The summed E-state index contributed by atoms with van der Waals surface area (Å²) in [4.78, 5) is 14.1. The van der Waals surface area contributed by atoms with Crippen LogP contribution in [0.3, 0.4) is 0 Å². The van der Waals surface area contributed by atoms with Gasteiger partial charge in [-0.15, -0.1) is 0 Å². The van der Waals surface area contributed by atoms with Gasteiger partial charge in [0, 0.05) is 50.8 Å². The highest BCUT2D eigenvalue weighted by atomic mass is 16.5. The molecule has 1 aromatic heterocycles. The molecule has 3 rings (SSSR count). The van der Waals surface area contributed by atoms with Crippen molar-refractivity contribution in [3.63, 3.8) is 0 Å². The number of hydrogen-bond donors (Lipinski definition) is 0. The summed E-state index contributed by atoms with van der Waals surface area (Å²) < 4.78 is 7.66. The molecule has 1 atom stereocenters. The molecule has 0 bridgehead atoms. The molecule has 0 aliphatic rings. The Hall–Kier alpha value is -2.75. The number of para-hydroxylation sites is 1. The molecule has 2 aromatic carbocycles. The Morgan fingerprint density at radius 2 is 1.92 bits per heavy atom. The third kappa shape index (κ3) is 3.38. The van der Waals surface area contributed by atoms with Gasteiger partial charge in [-0.25, -0.2) is 0 Å². The van der Waals surface area contributed by atoms with Crippen LogP contribution in [0.1, 0.15) is 23.5 Å². The van der Waals surface area contributed by atoms with Gasteiger partial charge in [0.1, 0.15) is 5.75 Å². The van der Waals surface area contributed by atoms with Crippen molar-refractivity contribution in [2.24, 2.45) is 7.05 Å². The molecule has 1 amide bonds. The van der Waals surface area contributed by atoms with E-state index < -0.39 is 0 Å². The number of aryl methyl sites for hydroxylation is 1. The molecule has 0 fully saturated rings. The molecular formula is C21H24N2O2. The summed E-state index contributed by atoms with van der Waals surface area (Å²) in [5.41, 5.74) is 3.32. The van der Waals surface area contributed by atoms with Crippen LogP contribution < -0.4 is 4.74 Å². The molecule has 1 heterocycles. The van der Waals surface area contributed by atoms with E-state index in [9.17, 15) is 4.79 Å². The summed E-state index contributed by atoms with van der Waals surface area (Å²) in [6, 6.07) is 16.4. The average molecular weight is 336 g/mol. The number of nitrogens with zero attached hydrogens (tertiary/aromatic N) is 2. The Bertz CT molecular complexity index is 896. The van der Waals surface area contributed by atoms with E-state index in [1.54, 1.807) is 26.1 Å². The van der Waals surface area contributed by atoms with Crippen LogP contribution in [-0.2, 0) is 11.8 Å². The molecule has 0 aliphatic carbocycles. The minimum atomic E-state index is -0.0506. The number of carbonyl (C=O) groups excluding carboxylic acids is 1. The average Bonchev–Trinajstić information content (AvgIpc) is 3.00. The number of ether oxygens (including phenoxy) is 1. The Balaban J connectivity index is 2.11. The molecule has 0 spiro atoms. The predicted molar refractivity (Wildman–Crippen MR) is 101 cm³/mol. The van der Waals surface area contributed by atoms with E-state index in [1.807, 2.05) is 31.3 Å². The van der Waals surface area contributed by atoms with Crippen LogP contribution in [-0.4, -0.2) is 36.6 Å². The summed E-state index contributed by atoms with van der Waals surface area (Å²) in [6.07, 6.45) is 2.46. The smallest absolute Gasteiger partial charge is 0.223 e. The predicted octanol–water partition coefficient (Wildman–Crippen LogP) is 3.80. The minimum absolute atomic E-state index is 0.0506. The van der Waals surface area contributed by atoms with E-state index in [4.69, 9.17) is 4.74 Å². The molecule has 0 radical (unpaired) electrons. The van der Waals surface area contributed by atoms with E-state index >= 15 is 0 Å². The quantitative estimate of drug-likeness (QED) is 0.710. The molecule has 3 aromatic rings. The maximum atomic E-state index is 12.5. The van der Waals surface area contributed by atoms with Crippen LogP contribution >= 0.6 is 0 Å². The van der Waals surface area contributed by atoms with E-state index in [0.29, 0.717) is 6.42 Å². The topological polar surface area (TPSA) is 34.5 Å². The monoisotopic (exact) mass is 336 g/mol. The number of rotatable bonds is 5. The number of hydrogen-bond acceptors (Lipinski definition) is 2. The number of aromatic nitrogens is 1. The molecule has 0 N–H and O–H groups in total. The lowest BCUT2D eigenvalue weighted by Gasteiger charge is -2.22. The lowest BCUT2D eigenvalue weighted by atomic mass is 9.87. The van der Waals surface area contributed by atoms with Crippen molar-refractivity contribution in [1.29, 1.82) is 0 Å². The van der Waals surface area contributed by atoms with Crippen molar-refractivity contribution >= 4 is 16.8 Å². The second-order valence-electron chi connectivity index (χ2n) is 6.53. The molecule has 0 aliphatic heterocycles. The van der Waals surface area contributed by atoms with Crippen molar-refractivity contribution in [2.75, 3.05) is 21.2 Å². The first-order chi connectivity index (χ1) is 12.0. The Morgan fingerprint density at radius 1 is 1.16 bits per heavy atom. The van der Waals surface area contributed by atoms with Gasteiger partial charge in [-0.05, 0) is 29.1 Å². The lowest BCUT2D eigenvalue weighted by molar-refractivity contribution is -0.128. The maximum Gasteiger partial charge on any atom is 0.223 e. The van der Waals surface area contributed by atoms with Gasteiger partial charge in [0.2, 0.25) is 5.91 Å². The van der Waals surface area contributed by atoms with Gasteiger partial charge in [-0.3, -0.25) is 4.79 Å². The summed E-state index contributed by atoms with van der Waals surface area (Å²) in [6.45, 7) is 0. The zero-order valence-electron chi connectivity index (χ0n) is 15.2. The molecule has 4 nitrogen and oxygen atoms in total. The second-order valence-corrected chi connectivity index (χ2v) is 6.53. The number of benzene rings is 2. The third-order valence-electron chi connectivity index (χ3n) is 4.71. The van der Waals surface area contributed by atoms with Crippen LogP contribution in [0, 0.1) is 0 Å². The molecule has 4 heteroatoms. The zero-order chi connectivity index (χ0) is 18.0. The van der Waals surface area contributed by atoms with E-state index in [2.05, 4.69) is 35.0 Å². The van der Waals surface area contributed by atoms with Crippen molar-refractivity contribution in [3.05, 3.63) is 65.9 Å². The van der Waals surface area contributed by atoms with Crippen molar-refractivity contribution < 1.29 is 9.53 Å². The summed E-state index contributed by atoms with van der Waals surface area (Å²) in [7, 11) is 7.29. The highest BCUT2D eigenvalue weighted by molar-refractivity contribution is 5.82. The molecule has 0 saturated heterocycles. The summed E-state index contributed by atoms with van der Waals surface area (Å²) in [5.74, 6) is 0.860. The molecule has 130 valence electrons. The van der Waals surface area contributed by atoms with E-state index in [-0.39, 0.29) is 11.8 Å². The highest BCUT2D eigenvalue weighted by Gasteiger charge is 2.22. The lowest BCUT2D eigenvalue weighted by Crippen LogP contribution is -2.24. The van der Waals surface area contributed by atoms with Crippen molar-refractivity contribution in [3.8, 4) is 5.75 Å². The summed E-state index contributed by atoms with van der Waals surface area (Å²) >= 11 is 0. The maximum absolute atomic E-state index is 12.5. The standard InChI is InChI=1S/C21H24N2O2/c1-22(2)21(24)14-18(17-7-5-6-8-20(17)25-4)16-10-9-15-11-12-23(3)19(15)13-16/h5-13,18H,14H2,1-4H3. The van der Waals surface area contributed by atoms with Gasteiger partial charge in [-0.2, -0.15) is 0 Å². The van der Waals surface area contributed by atoms with Crippen LogP contribution in [0.5, 0.6) is 5.75 Å². The minimum Gasteiger partial charge on any atom is -0.496 e. The fraction of sp³-hybridized carbons (Fsp3) is 0.286. The first-order valence-electron chi connectivity index (χ1n) is 8.39.